The highest BCUT2D eigenvalue weighted by molar-refractivity contribution is 7.89. The summed E-state index contributed by atoms with van der Waals surface area (Å²) >= 11 is 0. The smallest absolute Gasteiger partial charge is 0.244 e. The van der Waals surface area contributed by atoms with E-state index in [4.69, 9.17) is 5.73 Å². The van der Waals surface area contributed by atoms with Crippen LogP contribution in [0.4, 0.5) is 0 Å². The Morgan fingerprint density at radius 2 is 2.23 bits per heavy atom. The van der Waals surface area contributed by atoms with Crippen LogP contribution in [0.1, 0.15) is 33.1 Å². The van der Waals surface area contributed by atoms with Crippen molar-refractivity contribution >= 4 is 15.9 Å². The number of nitrogens with zero attached hydrogens (tertiary/aromatic N) is 2. The molecule has 1 saturated heterocycles. The minimum atomic E-state index is -3.73. The number of nitrogens with two attached hydrogens (primary N) is 1. The molecular weight excluding hydrogens is 356 g/mol. The van der Waals surface area contributed by atoms with Crippen molar-refractivity contribution in [3.63, 3.8) is 0 Å². The second-order valence-corrected chi connectivity index (χ2v) is 9.05. The monoisotopic (exact) mass is 384 g/mol. The van der Waals surface area contributed by atoms with Gasteiger partial charge in [0, 0.05) is 25.5 Å². The maximum atomic E-state index is 12.7. The van der Waals surface area contributed by atoms with E-state index in [1.165, 1.54) is 22.8 Å². The zero-order valence-corrected chi connectivity index (χ0v) is 16.0. The average Bonchev–Trinajstić information content (AvgIpc) is 2.77. The number of carbonyl (C=O) groups excluding carboxylic acids is 1. The fraction of sp³-hybridized carbons (Fsp3) is 0.647. The van der Waals surface area contributed by atoms with Crippen molar-refractivity contribution in [2.24, 2.45) is 11.7 Å². The average molecular weight is 385 g/mol. The molecule has 1 aromatic rings. The fourth-order valence-corrected chi connectivity index (χ4v) is 4.51. The number of rotatable bonds is 6. The van der Waals surface area contributed by atoms with Gasteiger partial charge in [0.15, 0.2) is 0 Å². The molecule has 0 aliphatic carbocycles. The van der Waals surface area contributed by atoms with E-state index in [2.05, 4.69) is 10.3 Å². The Bertz CT molecular complexity index is 696. The summed E-state index contributed by atoms with van der Waals surface area (Å²) in [4.78, 5) is 16.2. The molecule has 2 heterocycles. The molecule has 4 N–H and O–H groups in total. The van der Waals surface area contributed by atoms with Crippen LogP contribution in [0.5, 0.6) is 0 Å². The molecular formula is C17H28N4O4S. The van der Waals surface area contributed by atoms with Crippen LogP contribution in [-0.2, 0) is 14.8 Å². The van der Waals surface area contributed by atoms with Gasteiger partial charge in [-0.25, -0.2) is 8.42 Å². The van der Waals surface area contributed by atoms with Crippen LogP contribution in [0.25, 0.3) is 0 Å². The van der Waals surface area contributed by atoms with E-state index in [1.54, 1.807) is 6.07 Å². The highest BCUT2D eigenvalue weighted by atomic mass is 32.2. The van der Waals surface area contributed by atoms with E-state index in [-0.39, 0.29) is 29.8 Å². The predicted molar refractivity (Wildman–Crippen MR) is 97.6 cm³/mol. The first-order valence-corrected chi connectivity index (χ1v) is 10.3. The van der Waals surface area contributed by atoms with Gasteiger partial charge in [0.05, 0.1) is 18.2 Å². The minimum absolute atomic E-state index is 0.0818. The van der Waals surface area contributed by atoms with Gasteiger partial charge >= 0.3 is 0 Å². The second-order valence-electron chi connectivity index (χ2n) is 7.11. The minimum Gasteiger partial charge on any atom is -0.390 e. The quantitative estimate of drug-likeness (QED) is 0.638. The molecule has 146 valence electrons. The van der Waals surface area contributed by atoms with Crippen molar-refractivity contribution in [1.82, 2.24) is 14.6 Å². The first-order valence-electron chi connectivity index (χ1n) is 8.86. The van der Waals surface area contributed by atoms with Crippen molar-refractivity contribution in [2.45, 2.75) is 56.2 Å². The Balaban J connectivity index is 2.04. The van der Waals surface area contributed by atoms with Crippen molar-refractivity contribution < 1.29 is 18.3 Å². The summed E-state index contributed by atoms with van der Waals surface area (Å²) in [7, 11) is -3.73. The van der Waals surface area contributed by atoms with E-state index in [9.17, 15) is 18.3 Å². The van der Waals surface area contributed by atoms with Gasteiger partial charge in [-0.3, -0.25) is 9.78 Å². The van der Waals surface area contributed by atoms with Crippen LogP contribution in [0.3, 0.4) is 0 Å². The number of aliphatic hydroxyl groups excluding tert-OH is 1. The molecule has 1 aliphatic heterocycles. The number of aromatic nitrogens is 1. The first-order chi connectivity index (χ1) is 12.2. The molecule has 0 spiro atoms. The number of aliphatic hydroxyl groups is 1. The molecule has 0 saturated carbocycles. The largest absolute Gasteiger partial charge is 0.390 e. The third-order valence-electron chi connectivity index (χ3n) is 4.44. The molecule has 1 aliphatic rings. The number of carbonyl (C=O) groups is 1. The van der Waals surface area contributed by atoms with E-state index < -0.39 is 28.2 Å². The lowest BCUT2D eigenvalue weighted by Gasteiger charge is -2.26. The molecule has 26 heavy (non-hydrogen) atoms. The third-order valence-corrected chi connectivity index (χ3v) is 6.29. The standard InChI is InChI=1S/C17H28N4O4S/c1-12(2)9-14(18)17(23)20-15-6-4-8-21(11-16(15)22)26(24,25)13-5-3-7-19-10-13/h3,5,7,10,12,14-16,22H,4,6,8-9,11,18H2,1-2H3,(H,20,23)/t14-,15?,16?/m0/s1. The van der Waals surface area contributed by atoms with Gasteiger partial charge in [0.25, 0.3) is 0 Å². The van der Waals surface area contributed by atoms with Gasteiger partial charge in [0.2, 0.25) is 15.9 Å². The Kier molecular flexibility index (Phi) is 7.10. The van der Waals surface area contributed by atoms with E-state index in [1.807, 2.05) is 13.8 Å². The number of hydrogen-bond acceptors (Lipinski definition) is 6. The Hall–Kier alpha value is -1.55. The molecule has 8 nitrogen and oxygen atoms in total. The summed E-state index contributed by atoms with van der Waals surface area (Å²) in [5, 5.41) is 13.2. The fourth-order valence-electron chi connectivity index (χ4n) is 3.05. The van der Waals surface area contributed by atoms with E-state index in [0.717, 1.165) is 0 Å². The lowest BCUT2D eigenvalue weighted by atomic mass is 10.0. The molecule has 0 aromatic carbocycles. The Labute approximate surface area is 154 Å². The summed E-state index contributed by atoms with van der Waals surface area (Å²) in [6.45, 7) is 4.16. The van der Waals surface area contributed by atoms with Gasteiger partial charge in [-0.05, 0) is 37.3 Å². The molecule has 2 rings (SSSR count). The molecule has 0 bridgehead atoms. The second kappa shape index (κ2) is 8.90. The number of amides is 1. The zero-order chi connectivity index (χ0) is 19.3. The van der Waals surface area contributed by atoms with Crippen molar-refractivity contribution in [3.05, 3.63) is 24.5 Å². The maximum Gasteiger partial charge on any atom is 0.244 e. The van der Waals surface area contributed by atoms with Crippen LogP contribution in [0.15, 0.2) is 29.4 Å². The SMILES string of the molecule is CC(C)C[C@H](N)C(=O)NC1CCCN(S(=O)(=O)c2cccnc2)CC1O. The van der Waals surface area contributed by atoms with Gasteiger partial charge in [-0.2, -0.15) is 4.31 Å². The maximum absolute atomic E-state index is 12.7. The first kappa shape index (κ1) is 20.8. The number of sulfonamides is 1. The normalized spacial score (nSPS) is 23.4. The molecule has 1 fully saturated rings. The summed E-state index contributed by atoms with van der Waals surface area (Å²) < 4.78 is 26.7. The van der Waals surface area contributed by atoms with Crippen LogP contribution in [0, 0.1) is 5.92 Å². The lowest BCUT2D eigenvalue weighted by Crippen LogP contribution is -2.51. The van der Waals surface area contributed by atoms with Gasteiger partial charge in [-0.1, -0.05) is 13.8 Å². The third kappa shape index (κ3) is 5.23. The van der Waals surface area contributed by atoms with Crippen molar-refractivity contribution in [2.75, 3.05) is 13.1 Å². The Morgan fingerprint density at radius 3 is 2.85 bits per heavy atom. The summed E-state index contributed by atoms with van der Waals surface area (Å²) in [5.41, 5.74) is 5.89. The summed E-state index contributed by atoms with van der Waals surface area (Å²) in [6, 6.07) is 1.87. The topological polar surface area (TPSA) is 126 Å². The van der Waals surface area contributed by atoms with E-state index >= 15 is 0 Å². The lowest BCUT2D eigenvalue weighted by molar-refractivity contribution is -0.124. The van der Waals surface area contributed by atoms with Crippen LogP contribution in [0.2, 0.25) is 0 Å². The Morgan fingerprint density at radius 1 is 1.50 bits per heavy atom. The highest BCUT2D eigenvalue weighted by Crippen LogP contribution is 2.20. The highest BCUT2D eigenvalue weighted by Gasteiger charge is 2.33. The van der Waals surface area contributed by atoms with Gasteiger partial charge < -0.3 is 16.2 Å². The number of β-amino-alcohol motifs (C(OH)–C–C–N with tert-alkyl or cyclic N) is 1. The number of pyridine rings is 1. The van der Waals surface area contributed by atoms with Crippen LogP contribution >= 0.6 is 0 Å². The van der Waals surface area contributed by atoms with Crippen molar-refractivity contribution in [1.29, 1.82) is 0 Å². The van der Waals surface area contributed by atoms with Crippen LogP contribution < -0.4 is 11.1 Å². The van der Waals surface area contributed by atoms with Gasteiger partial charge in [0.1, 0.15) is 4.90 Å². The summed E-state index contributed by atoms with van der Waals surface area (Å²) in [5.74, 6) is -0.0266. The molecule has 2 unspecified atom stereocenters. The number of hydrogen-bond donors (Lipinski definition) is 3. The number of nitrogens with one attached hydrogen (secondary N) is 1. The molecule has 1 aromatic heterocycles. The molecule has 0 radical (unpaired) electrons. The van der Waals surface area contributed by atoms with Crippen LogP contribution in [-0.4, -0.2) is 60.0 Å². The van der Waals surface area contributed by atoms with Crippen molar-refractivity contribution in [3.8, 4) is 0 Å². The molecule has 3 atom stereocenters. The van der Waals surface area contributed by atoms with Gasteiger partial charge in [-0.15, -0.1) is 0 Å². The van der Waals surface area contributed by atoms with E-state index in [0.29, 0.717) is 19.3 Å². The predicted octanol–water partition coefficient (Wildman–Crippen LogP) is 0.0852. The molecule has 9 heteroatoms. The molecule has 1 amide bonds. The summed E-state index contributed by atoms with van der Waals surface area (Å²) in [6.07, 6.45) is 3.36. The zero-order valence-electron chi connectivity index (χ0n) is 15.2.